The van der Waals surface area contributed by atoms with E-state index in [0.29, 0.717) is 0 Å². The predicted octanol–water partition coefficient (Wildman–Crippen LogP) is 5.55. The summed E-state index contributed by atoms with van der Waals surface area (Å²) in [5.41, 5.74) is -1.78. The monoisotopic (exact) mass is 456 g/mol. The molecular formula is C23H36O7S. The number of hydrogen-bond acceptors (Lipinski definition) is 6. The molecule has 0 aromatic heterocycles. The molecule has 176 valence electrons. The first-order valence-corrected chi connectivity index (χ1v) is 12.7. The van der Waals surface area contributed by atoms with Crippen LogP contribution in [0.4, 0.5) is 0 Å². The zero-order valence-electron chi connectivity index (χ0n) is 18.7. The Morgan fingerprint density at radius 1 is 0.839 bits per heavy atom. The van der Waals surface area contributed by atoms with Gasteiger partial charge in [-0.3, -0.25) is 4.55 Å². The van der Waals surface area contributed by atoms with Crippen molar-refractivity contribution in [2.75, 3.05) is 6.61 Å². The van der Waals surface area contributed by atoms with Crippen LogP contribution in [-0.4, -0.2) is 37.0 Å². The molecule has 0 spiro atoms. The van der Waals surface area contributed by atoms with Crippen molar-refractivity contribution in [3.63, 3.8) is 0 Å². The lowest BCUT2D eigenvalue weighted by Gasteiger charge is -2.14. The number of carbonyl (C=O) groups is 2. The van der Waals surface area contributed by atoms with Crippen LogP contribution in [0.2, 0.25) is 0 Å². The number of rotatable bonds is 16. The summed E-state index contributed by atoms with van der Waals surface area (Å²) in [7, 11) is -4.54. The average molecular weight is 457 g/mol. The Kier molecular flexibility index (Phi) is 13.1. The van der Waals surface area contributed by atoms with Crippen LogP contribution in [0.5, 0.6) is 0 Å². The third kappa shape index (κ3) is 10.8. The lowest BCUT2D eigenvalue weighted by Crippen LogP contribution is -2.27. The molecule has 1 N–H and O–H groups in total. The van der Waals surface area contributed by atoms with E-state index < -0.39 is 27.5 Å². The molecule has 7 nitrogen and oxygen atoms in total. The molecule has 8 heteroatoms. The third-order valence-electron chi connectivity index (χ3n) is 5.00. The largest absolute Gasteiger partial charge is 0.462 e. The summed E-state index contributed by atoms with van der Waals surface area (Å²) >= 11 is 0. The van der Waals surface area contributed by atoms with Gasteiger partial charge in [0.05, 0.1) is 17.7 Å². The van der Waals surface area contributed by atoms with Gasteiger partial charge in [0, 0.05) is 0 Å². The summed E-state index contributed by atoms with van der Waals surface area (Å²) in [4.78, 5) is 24.7. The lowest BCUT2D eigenvalue weighted by molar-refractivity contribution is 0.0402. The van der Waals surface area contributed by atoms with E-state index in [-0.39, 0.29) is 24.2 Å². The van der Waals surface area contributed by atoms with Gasteiger partial charge in [-0.2, -0.15) is 8.42 Å². The Labute approximate surface area is 186 Å². The fourth-order valence-corrected chi connectivity index (χ4v) is 3.84. The molecule has 31 heavy (non-hydrogen) atoms. The summed E-state index contributed by atoms with van der Waals surface area (Å²) in [6.45, 7) is 3.92. The van der Waals surface area contributed by atoms with Gasteiger partial charge in [0.1, 0.15) is 0 Å². The molecule has 0 heterocycles. The van der Waals surface area contributed by atoms with Crippen molar-refractivity contribution >= 4 is 22.1 Å². The number of benzene rings is 1. The Morgan fingerprint density at radius 2 is 1.32 bits per heavy atom. The highest BCUT2D eigenvalue weighted by atomic mass is 32.2. The van der Waals surface area contributed by atoms with E-state index >= 15 is 0 Å². The smallest absolute Gasteiger partial charge is 0.340 e. The highest BCUT2D eigenvalue weighted by Gasteiger charge is 2.28. The van der Waals surface area contributed by atoms with E-state index in [1.54, 1.807) is 6.07 Å². The van der Waals surface area contributed by atoms with Crippen LogP contribution < -0.4 is 0 Å². The van der Waals surface area contributed by atoms with Gasteiger partial charge in [-0.1, -0.05) is 83.8 Å². The molecule has 0 saturated carbocycles. The Morgan fingerprint density at radius 3 is 1.81 bits per heavy atom. The van der Waals surface area contributed by atoms with Gasteiger partial charge in [0.25, 0.3) is 0 Å². The first-order chi connectivity index (χ1) is 14.8. The van der Waals surface area contributed by atoms with Crippen LogP contribution in [0.3, 0.4) is 0 Å². The second kappa shape index (κ2) is 15.0. The molecular weight excluding hydrogens is 420 g/mol. The van der Waals surface area contributed by atoms with Crippen molar-refractivity contribution in [3.05, 3.63) is 35.4 Å². The van der Waals surface area contributed by atoms with Crippen molar-refractivity contribution < 1.29 is 32.0 Å². The normalized spacial score (nSPS) is 12.4. The van der Waals surface area contributed by atoms with Crippen LogP contribution in [-0.2, 0) is 19.6 Å². The van der Waals surface area contributed by atoms with Crippen molar-refractivity contribution in [3.8, 4) is 0 Å². The highest BCUT2D eigenvalue weighted by molar-refractivity contribution is 7.86. The van der Waals surface area contributed by atoms with Crippen molar-refractivity contribution in [1.29, 1.82) is 0 Å². The standard InChI is InChI=1S/C23H36O7S/c1-3-5-6-7-8-9-10-11-12-15-18-29-22(24)19-16-13-14-17-20(19)23(25)30-21(4-2)31(26,27)28/h13-14,16-17,21H,3-12,15,18H2,1-2H3,(H,26,27,28). The van der Waals surface area contributed by atoms with E-state index in [1.807, 2.05) is 0 Å². The number of unbranched alkanes of at least 4 members (excludes halogenated alkanes) is 9. The Hall–Kier alpha value is -1.93. The third-order valence-corrected chi connectivity index (χ3v) is 6.10. The maximum atomic E-state index is 12.4. The van der Waals surface area contributed by atoms with Gasteiger partial charge in [-0.25, -0.2) is 9.59 Å². The van der Waals surface area contributed by atoms with E-state index in [2.05, 4.69) is 6.92 Å². The molecule has 0 aliphatic heterocycles. The zero-order chi connectivity index (χ0) is 23.1. The van der Waals surface area contributed by atoms with E-state index in [0.717, 1.165) is 19.3 Å². The van der Waals surface area contributed by atoms with Crippen molar-refractivity contribution in [1.82, 2.24) is 0 Å². The first-order valence-electron chi connectivity index (χ1n) is 11.2. The topological polar surface area (TPSA) is 107 Å². The van der Waals surface area contributed by atoms with Crippen molar-refractivity contribution in [2.45, 2.75) is 89.9 Å². The van der Waals surface area contributed by atoms with Gasteiger partial charge in [-0.15, -0.1) is 0 Å². The summed E-state index contributed by atoms with van der Waals surface area (Å²) in [6.07, 6.45) is 11.6. The summed E-state index contributed by atoms with van der Waals surface area (Å²) in [5.74, 6) is -1.67. The van der Waals surface area contributed by atoms with Gasteiger partial charge in [0.2, 0.25) is 5.44 Å². The van der Waals surface area contributed by atoms with Crippen LogP contribution in [0.25, 0.3) is 0 Å². The van der Waals surface area contributed by atoms with Crippen LogP contribution in [0, 0.1) is 0 Å². The van der Waals surface area contributed by atoms with E-state index in [9.17, 15) is 18.0 Å². The van der Waals surface area contributed by atoms with Gasteiger partial charge in [-0.05, 0) is 25.0 Å². The van der Waals surface area contributed by atoms with Crippen LogP contribution >= 0.6 is 0 Å². The summed E-state index contributed by atoms with van der Waals surface area (Å²) in [6, 6.07) is 5.89. The Balaban J connectivity index is 2.42. The van der Waals surface area contributed by atoms with Crippen LogP contribution in [0.15, 0.2) is 24.3 Å². The van der Waals surface area contributed by atoms with Crippen molar-refractivity contribution in [2.24, 2.45) is 0 Å². The quantitative estimate of drug-likeness (QED) is 0.197. The minimum atomic E-state index is -4.54. The number of ether oxygens (including phenoxy) is 2. The van der Waals surface area contributed by atoms with Gasteiger partial charge < -0.3 is 9.47 Å². The molecule has 1 atom stereocenters. The average Bonchev–Trinajstić information content (AvgIpc) is 2.74. The fraction of sp³-hybridized carbons (Fsp3) is 0.652. The summed E-state index contributed by atoms with van der Waals surface area (Å²) in [5, 5.41) is 0. The second-order valence-corrected chi connectivity index (χ2v) is 9.18. The number of hydrogen-bond donors (Lipinski definition) is 1. The maximum absolute atomic E-state index is 12.4. The highest BCUT2D eigenvalue weighted by Crippen LogP contribution is 2.16. The summed E-state index contributed by atoms with van der Waals surface area (Å²) < 4.78 is 41.8. The minimum Gasteiger partial charge on any atom is -0.462 e. The molecule has 1 aromatic carbocycles. The maximum Gasteiger partial charge on any atom is 0.340 e. The molecule has 0 aliphatic carbocycles. The second-order valence-electron chi connectivity index (χ2n) is 7.62. The number of carbonyl (C=O) groups excluding carboxylic acids is 2. The van der Waals surface area contributed by atoms with Crippen LogP contribution in [0.1, 0.15) is 105 Å². The SMILES string of the molecule is CCCCCCCCCCCCOC(=O)c1ccccc1C(=O)OC(CC)S(=O)(=O)O. The van der Waals surface area contributed by atoms with Gasteiger partial charge >= 0.3 is 22.1 Å². The molecule has 0 fully saturated rings. The first kappa shape index (κ1) is 27.1. The molecule has 0 radical (unpaired) electrons. The van der Waals surface area contributed by atoms with Gasteiger partial charge in [0.15, 0.2) is 0 Å². The molecule has 0 aliphatic rings. The molecule has 1 unspecified atom stereocenters. The predicted molar refractivity (Wildman–Crippen MR) is 120 cm³/mol. The van der Waals surface area contributed by atoms with E-state index in [1.165, 1.54) is 70.1 Å². The number of esters is 2. The molecule has 0 bridgehead atoms. The fourth-order valence-electron chi connectivity index (χ4n) is 3.21. The molecule has 1 rings (SSSR count). The van der Waals surface area contributed by atoms with E-state index in [4.69, 9.17) is 14.0 Å². The molecule has 0 saturated heterocycles. The lowest BCUT2D eigenvalue weighted by atomic mass is 10.1. The zero-order valence-corrected chi connectivity index (χ0v) is 19.5. The minimum absolute atomic E-state index is 0.00442. The molecule has 0 amide bonds. The Bertz CT molecular complexity index is 774. The molecule has 1 aromatic rings.